The lowest BCUT2D eigenvalue weighted by Crippen LogP contribution is -2.50. The lowest BCUT2D eigenvalue weighted by Gasteiger charge is -2.44. The van der Waals surface area contributed by atoms with Crippen LogP contribution in [0.1, 0.15) is 36.0 Å². The number of ketones is 1. The Morgan fingerprint density at radius 1 is 1.13 bits per heavy atom. The van der Waals surface area contributed by atoms with Crippen molar-refractivity contribution >= 4 is 23.1 Å². The van der Waals surface area contributed by atoms with Gasteiger partial charge in [0.15, 0.2) is 5.78 Å². The molecule has 154 valence electrons. The van der Waals surface area contributed by atoms with Gasteiger partial charge in [0, 0.05) is 28.9 Å². The molecule has 31 heavy (non-hydrogen) atoms. The van der Waals surface area contributed by atoms with Crippen LogP contribution in [-0.2, 0) is 15.0 Å². The number of hydrogen-bond donors (Lipinski definition) is 2. The highest BCUT2D eigenvalue weighted by atomic mass is 16.2. The van der Waals surface area contributed by atoms with Crippen molar-refractivity contribution in [1.29, 1.82) is 5.26 Å². The first-order valence-corrected chi connectivity index (χ1v) is 10.4. The minimum Gasteiger partial charge on any atom is -0.384 e. The Morgan fingerprint density at radius 3 is 2.65 bits per heavy atom. The number of nitrogens with two attached hydrogens (primary N) is 1. The van der Waals surface area contributed by atoms with Gasteiger partial charge in [0.1, 0.15) is 17.3 Å². The molecule has 1 spiro atoms. The maximum absolute atomic E-state index is 13.6. The lowest BCUT2D eigenvalue weighted by molar-refractivity contribution is -0.122. The zero-order valence-corrected chi connectivity index (χ0v) is 17.5. The average Bonchev–Trinajstić information content (AvgIpc) is 3.01. The van der Waals surface area contributed by atoms with E-state index in [1.807, 2.05) is 61.2 Å². The summed E-state index contributed by atoms with van der Waals surface area (Å²) in [6, 6.07) is 15.5. The van der Waals surface area contributed by atoms with Crippen LogP contribution >= 0.6 is 0 Å². The molecular formula is C25H22N4O2. The van der Waals surface area contributed by atoms with Gasteiger partial charge >= 0.3 is 0 Å². The van der Waals surface area contributed by atoms with Crippen molar-refractivity contribution in [2.45, 2.75) is 38.5 Å². The van der Waals surface area contributed by atoms with E-state index in [0.29, 0.717) is 41.8 Å². The van der Waals surface area contributed by atoms with E-state index in [-0.39, 0.29) is 23.1 Å². The highest BCUT2D eigenvalue weighted by molar-refractivity contribution is 6.19. The van der Waals surface area contributed by atoms with Gasteiger partial charge in [-0.3, -0.25) is 14.5 Å². The summed E-state index contributed by atoms with van der Waals surface area (Å²) in [7, 11) is 0. The third-order valence-electron chi connectivity index (χ3n) is 6.54. The van der Waals surface area contributed by atoms with Crippen molar-refractivity contribution in [2.75, 3.05) is 10.2 Å². The topological polar surface area (TPSA) is 99.2 Å². The summed E-state index contributed by atoms with van der Waals surface area (Å²) in [5, 5.41) is 13.2. The molecule has 6 heteroatoms. The van der Waals surface area contributed by atoms with E-state index in [1.54, 1.807) is 0 Å². The molecular weight excluding hydrogens is 388 g/mol. The third kappa shape index (κ3) is 2.37. The highest BCUT2D eigenvalue weighted by Gasteiger charge is 2.60. The molecule has 1 atom stereocenters. The largest absolute Gasteiger partial charge is 0.384 e. The number of hydrogen-bond acceptors (Lipinski definition) is 5. The number of benzene rings is 2. The summed E-state index contributed by atoms with van der Waals surface area (Å²) in [5.74, 6) is -0.292. The molecule has 0 radical (unpaired) electrons. The monoisotopic (exact) mass is 410 g/mol. The number of allylic oxidation sites excluding steroid dienone is 1. The highest BCUT2D eigenvalue weighted by Crippen LogP contribution is 2.55. The van der Waals surface area contributed by atoms with E-state index in [9.17, 15) is 14.9 Å². The van der Waals surface area contributed by atoms with Crippen LogP contribution in [-0.4, -0.2) is 11.7 Å². The predicted octanol–water partition coefficient (Wildman–Crippen LogP) is 3.71. The maximum Gasteiger partial charge on any atom is 0.245 e. The summed E-state index contributed by atoms with van der Waals surface area (Å²) < 4.78 is 0. The van der Waals surface area contributed by atoms with Gasteiger partial charge in [-0.2, -0.15) is 5.26 Å². The summed E-state index contributed by atoms with van der Waals surface area (Å²) in [4.78, 5) is 28.8. The molecule has 0 aromatic heterocycles. The molecule has 2 heterocycles. The van der Waals surface area contributed by atoms with E-state index < -0.39 is 5.41 Å². The molecule has 0 saturated heterocycles. The van der Waals surface area contributed by atoms with Gasteiger partial charge < -0.3 is 11.1 Å². The lowest BCUT2D eigenvalue weighted by atomic mass is 9.63. The number of anilines is 2. The molecule has 6 nitrogen and oxygen atoms in total. The third-order valence-corrected chi connectivity index (χ3v) is 6.54. The van der Waals surface area contributed by atoms with Crippen LogP contribution in [0.5, 0.6) is 0 Å². The molecule has 1 amide bonds. The van der Waals surface area contributed by atoms with Crippen LogP contribution in [0.4, 0.5) is 11.4 Å². The number of nitriles is 1. The van der Waals surface area contributed by atoms with E-state index >= 15 is 0 Å². The van der Waals surface area contributed by atoms with Crippen molar-refractivity contribution in [3.63, 3.8) is 0 Å². The molecule has 2 aromatic carbocycles. The van der Waals surface area contributed by atoms with E-state index in [0.717, 1.165) is 16.8 Å². The van der Waals surface area contributed by atoms with Crippen molar-refractivity contribution < 1.29 is 9.59 Å². The number of nitrogens with one attached hydrogen (secondary N) is 1. The number of nitrogens with zero attached hydrogens (tertiary/aromatic N) is 2. The van der Waals surface area contributed by atoms with Gasteiger partial charge in [0.2, 0.25) is 5.91 Å². The quantitative estimate of drug-likeness (QED) is 0.747. The van der Waals surface area contributed by atoms with Crippen LogP contribution < -0.4 is 16.0 Å². The van der Waals surface area contributed by atoms with Crippen LogP contribution in [0.25, 0.3) is 0 Å². The summed E-state index contributed by atoms with van der Waals surface area (Å²) in [5.41, 5.74) is 10.3. The van der Waals surface area contributed by atoms with Gasteiger partial charge in [-0.25, -0.2) is 0 Å². The Hall–Kier alpha value is -3.85. The normalized spacial score (nSPS) is 22.4. The SMILES string of the molecule is Cc1ccc2c(c1)[C@@]1(C(=O)N2)C(C#N)=C(N)N(c2ccccc2C)C2=C1C(=O)CCC2. The smallest absolute Gasteiger partial charge is 0.245 e. The fourth-order valence-corrected chi connectivity index (χ4v) is 5.19. The average molecular weight is 410 g/mol. The van der Waals surface area contributed by atoms with Gasteiger partial charge in [0.05, 0.1) is 11.3 Å². The second kappa shape index (κ2) is 6.58. The standard InChI is InChI=1S/C25H22N4O2/c1-14-10-11-18-16(12-14)25(24(31)28-18)17(13-26)23(27)29(19-7-4-3-6-15(19)2)20-8-5-9-21(30)22(20)25/h3-4,6-7,10-12H,5,8-9,27H2,1-2H3,(H,28,31)/t25-/m1/s1. The van der Waals surface area contributed by atoms with Crippen molar-refractivity contribution in [3.8, 4) is 6.07 Å². The minimum absolute atomic E-state index is 0.103. The molecule has 5 rings (SSSR count). The summed E-state index contributed by atoms with van der Waals surface area (Å²) in [6.07, 6.45) is 1.62. The van der Waals surface area contributed by atoms with Gasteiger partial charge in [-0.05, 0) is 44.4 Å². The Labute approximate surface area is 180 Å². The zero-order valence-electron chi connectivity index (χ0n) is 17.5. The van der Waals surface area contributed by atoms with E-state index in [4.69, 9.17) is 5.73 Å². The van der Waals surface area contributed by atoms with Crippen LogP contribution in [0.3, 0.4) is 0 Å². The van der Waals surface area contributed by atoms with Crippen LogP contribution in [0.15, 0.2) is 65.1 Å². The minimum atomic E-state index is -1.51. The van der Waals surface area contributed by atoms with Crippen LogP contribution in [0, 0.1) is 25.2 Å². The molecule has 0 saturated carbocycles. The molecule has 0 bridgehead atoms. The molecule has 0 unspecified atom stereocenters. The Balaban J connectivity index is 1.91. The molecule has 3 N–H and O–H groups in total. The fraction of sp³-hybridized carbons (Fsp3) is 0.240. The number of carbonyl (C=O) groups is 2. The molecule has 2 aromatic rings. The molecule has 2 aliphatic heterocycles. The van der Waals surface area contributed by atoms with E-state index in [1.165, 1.54) is 0 Å². The predicted molar refractivity (Wildman–Crippen MR) is 118 cm³/mol. The Kier molecular flexibility index (Phi) is 4.06. The van der Waals surface area contributed by atoms with Crippen LogP contribution in [0.2, 0.25) is 0 Å². The number of fused-ring (bicyclic) bond motifs is 3. The maximum atomic E-state index is 13.6. The fourth-order valence-electron chi connectivity index (χ4n) is 5.19. The van der Waals surface area contributed by atoms with Crippen molar-refractivity contribution in [3.05, 3.63) is 81.8 Å². The number of Topliss-reactive ketones (excluding diaryl/α,β-unsaturated/α-hetero) is 1. The summed E-state index contributed by atoms with van der Waals surface area (Å²) >= 11 is 0. The van der Waals surface area contributed by atoms with Crippen molar-refractivity contribution in [1.82, 2.24) is 0 Å². The first-order valence-electron chi connectivity index (χ1n) is 10.4. The number of aryl methyl sites for hydroxylation is 2. The zero-order chi connectivity index (χ0) is 21.9. The Morgan fingerprint density at radius 2 is 1.90 bits per heavy atom. The van der Waals surface area contributed by atoms with E-state index in [2.05, 4.69) is 11.4 Å². The second-order valence-electron chi connectivity index (χ2n) is 8.35. The molecule has 1 aliphatic carbocycles. The number of rotatable bonds is 1. The van der Waals surface area contributed by atoms with Gasteiger partial charge in [-0.1, -0.05) is 35.9 Å². The number of carbonyl (C=O) groups excluding carboxylic acids is 2. The molecule has 3 aliphatic rings. The summed E-state index contributed by atoms with van der Waals surface area (Å²) in [6.45, 7) is 3.89. The number of amides is 1. The first kappa shape index (κ1) is 19.1. The molecule has 0 fully saturated rings. The second-order valence-corrected chi connectivity index (χ2v) is 8.35. The Bertz CT molecular complexity index is 1280. The van der Waals surface area contributed by atoms with Gasteiger partial charge in [0.25, 0.3) is 0 Å². The van der Waals surface area contributed by atoms with Crippen molar-refractivity contribution in [2.24, 2.45) is 5.73 Å². The van der Waals surface area contributed by atoms with Gasteiger partial charge in [-0.15, -0.1) is 0 Å². The first-order chi connectivity index (χ1) is 14.9. The number of para-hydroxylation sites is 1.